The predicted molar refractivity (Wildman–Crippen MR) is 78.6 cm³/mol. The summed E-state index contributed by atoms with van der Waals surface area (Å²) in [5.41, 5.74) is 0. The summed E-state index contributed by atoms with van der Waals surface area (Å²) in [4.78, 5) is 0. The Kier molecular flexibility index (Phi) is 1.87. The average Bonchev–Trinajstić information content (AvgIpc) is 2.73. The second-order valence-corrected chi connectivity index (χ2v) is 3.75. The summed E-state index contributed by atoms with van der Waals surface area (Å²) in [6.45, 7) is -3.19. The van der Waals surface area contributed by atoms with Crippen molar-refractivity contribution < 1.29 is 24.9 Å². The number of ether oxygens (including phenoxy) is 1. The molecule has 102 valence electrons. The smallest absolute Gasteiger partial charge is 0.127 e. The maximum absolute atomic E-state index is 10.2. The van der Waals surface area contributed by atoms with Crippen molar-refractivity contribution in [2.45, 2.75) is 25.9 Å². The van der Waals surface area contributed by atoms with E-state index in [1.165, 1.54) is 0 Å². The lowest BCUT2D eigenvalue weighted by Gasteiger charge is -2.15. The SMILES string of the molecule is [2H]CC([2H])(C[2H])NC([2H])C(O)COc1c([2H])c([2H])c([2H])c2c([2H])c([2H])c([2H])c([2H])c12. The van der Waals surface area contributed by atoms with Gasteiger partial charge >= 0.3 is 0 Å². The Bertz CT molecular complexity index is 943. The van der Waals surface area contributed by atoms with Crippen LogP contribution in [-0.4, -0.2) is 30.4 Å². The van der Waals surface area contributed by atoms with Gasteiger partial charge in [0, 0.05) is 23.4 Å². The molecule has 0 aromatic heterocycles. The zero-order chi connectivity index (χ0) is 23.0. The number of rotatable bonds is 6. The molecule has 0 aliphatic heterocycles. The van der Waals surface area contributed by atoms with Crippen LogP contribution < -0.4 is 10.1 Å². The fourth-order valence-electron chi connectivity index (χ4n) is 1.33. The third-order valence-electron chi connectivity index (χ3n) is 2.16. The first-order valence-corrected chi connectivity index (χ1v) is 5.49. The summed E-state index contributed by atoms with van der Waals surface area (Å²) in [6, 6.07) is -5.87. The van der Waals surface area contributed by atoms with Gasteiger partial charge in [-0.15, -0.1) is 0 Å². The summed E-state index contributed by atoms with van der Waals surface area (Å²) in [6.07, 6.45) is -1.58. The van der Waals surface area contributed by atoms with Crippen molar-refractivity contribution in [2.24, 2.45) is 0 Å². The fraction of sp³-hybridized carbons (Fsp3) is 0.375. The first-order valence-electron chi connectivity index (χ1n) is 11.5. The van der Waals surface area contributed by atoms with E-state index in [4.69, 9.17) is 19.8 Å². The summed E-state index contributed by atoms with van der Waals surface area (Å²) >= 11 is 0. The van der Waals surface area contributed by atoms with Crippen LogP contribution in [-0.2, 0) is 0 Å². The molecule has 0 aliphatic carbocycles. The summed E-state index contributed by atoms with van der Waals surface area (Å²) in [7, 11) is 0. The lowest BCUT2D eigenvalue weighted by Crippen LogP contribution is -2.35. The number of hydrogen-bond donors (Lipinski definition) is 2. The maximum Gasteiger partial charge on any atom is 0.127 e. The molecule has 2 aromatic rings. The van der Waals surface area contributed by atoms with Crippen LogP contribution in [0.3, 0.4) is 0 Å². The lowest BCUT2D eigenvalue weighted by atomic mass is 10.1. The van der Waals surface area contributed by atoms with Gasteiger partial charge in [-0.2, -0.15) is 0 Å². The lowest BCUT2D eigenvalue weighted by molar-refractivity contribution is 0.105. The molecule has 3 nitrogen and oxygen atoms in total. The van der Waals surface area contributed by atoms with E-state index in [0.717, 1.165) is 0 Å². The molecule has 0 bridgehead atoms. The van der Waals surface area contributed by atoms with E-state index in [1.807, 2.05) is 0 Å². The van der Waals surface area contributed by atoms with Gasteiger partial charge in [-0.05, 0) is 11.4 Å². The van der Waals surface area contributed by atoms with Gasteiger partial charge in [0.1, 0.15) is 18.5 Å². The van der Waals surface area contributed by atoms with Gasteiger partial charge in [0.25, 0.3) is 0 Å². The van der Waals surface area contributed by atoms with E-state index < -0.39 is 87.1 Å². The standard InChI is InChI=1S/C16H21NO2/c1-12(2)17-10-14(18)11-19-16-9-5-7-13-6-3-4-8-15(13)16/h3-9,12,14,17-18H,10-11H2,1-2H3/i1D,2D,3D,4D,5D,6D,7D,8D,9D,10D,12D. The molecule has 0 amide bonds. The van der Waals surface area contributed by atoms with Crippen molar-refractivity contribution in [3.05, 3.63) is 42.3 Å². The van der Waals surface area contributed by atoms with Gasteiger partial charge in [0.2, 0.25) is 0 Å². The molecule has 3 heteroatoms. The summed E-state index contributed by atoms with van der Waals surface area (Å²) < 4.78 is 91.2. The highest BCUT2D eigenvalue weighted by Gasteiger charge is 2.07. The van der Waals surface area contributed by atoms with Gasteiger partial charge < -0.3 is 15.2 Å². The summed E-state index contributed by atoms with van der Waals surface area (Å²) in [5, 5.41) is 11.9. The van der Waals surface area contributed by atoms with Gasteiger partial charge in [-0.25, -0.2) is 0 Å². The molecule has 19 heavy (non-hydrogen) atoms. The molecule has 0 radical (unpaired) electrons. The van der Waals surface area contributed by atoms with Crippen molar-refractivity contribution in [3.63, 3.8) is 0 Å². The minimum absolute atomic E-state index is 0.277. The topological polar surface area (TPSA) is 41.5 Å². The number of benzene rings is 2. The van der Waals surface area contributed by atoms with Crippen molar-refractivity contribution in [2.75, 3.05) is 13.1 Å². The molecular formula is C16H21NO2. The Morgan fingerprint density at radius 1 is 1.37 bits per heavy atom. The van der Waals surface area contributed by atoms with Gasteiger partial charge in [-0.1, -0.05) is 50.1 Å². The maximum atomic E-state index is 10.2. The number of nitrogens with one attached hydrogen (secondary N) is 1. The molecule has 2 N–H and O–H groups in total. The molecule has 0 spiro atoms. The summed E-state index contributed by atoms with van der Waals surface area (Å²) in [5.74, 6) is -0.428. The zero-order valence-electron chi connectivity index (χ0n) is 21.1. The van der Waals surface area contributed by atoms with E-state index in [0.29, 0.717) is 0 Å². The van der Waals surface area contributed by atoms with E-state index >= 15 is 0 Å². The van der Waals surface area contributed by atoms with Crippen LogP contribution >= 0.6 is 0 Å². The highest BCUT2D eigenvalue weighted by atomic mass is 16.5. The Hall–Kier alpha value is -1.58. The minimum atomic E-state index is -1.76. The number of aliphatic hydroxyl groups is 1. The van der Waals surface area contributed by atoms with Gasteiger partial charge in [-0.3, -0.25) is 0 Å². The van der Waals surface area contributed by atoms with Crippen molar-refractivity contribution in [3.8, 4) is 5.75 Å². The Labute approximate surface area is 129 Å². The molecule has 2 unspecified atom stereocenters. The monoisotopic (exact) mass is 270 g/mol. The van der Waals surface area contributed by atoms with Crippen LogP contribution in [0.1, 0.15) is 28.9 Å². The second kappa shape index (κ2) is 6.55. The second-order valence-electron chi connectivity index (χ2n) is 3.75. The molecule has 2 aromatic carbocycles. The Morgan fingerprint density at radius 2 is 2.16 bits per heavy atom. The molecule has 0 saturated heterocycles. The van der Waals surface area contributed by atoms with Crippen LogP contribution in [0.5, 0.6) is 5.75 Å². The van der Waals surface area contributed by atoms with Crippen molar-refractivity contribution >= 4 is 10.8 Å². The molecular weight excluding hydrogens is 238 g/mol. The van der Waals surface area contributed by atoms with Crippen molar-refractivity contribution in [1.82, 2.24) is 5.32 Å². The van der Waals surface area contributed by atoms with E-state index in [9.17, 15) is 5.11 Å². The average molecular weight is 270 g/mol. The van der Waals surface area contributed by atoms with Crippen LogP contribution in [0.2, 0.25) is 0 Å². The van der Waals surface area contributed by atoms with Crippen LogP contribution in [0.15, 0.2) is 42.3 Å². The minimum Gasteiger partial charge on any atom is -0.490 e. The van der Waals surface area contributed by atoms with E-state index in [2.05, 4.69) is 5.32 Å². The molecule has 0 aliphatic rings. The van der Waals surface area contributed by atoms with Crippen molar-refractivity contribution in [1.29, 1.82) is 0 Å². The quantitative estimate of drug-likeness (QED) is 0.847. The zero-order valence-corrected chi connectivity index (χ0v) is 10.1. The normalized spacial score (nSPS) is 23.1. The largest absolute Gasteiger partial charge is 0.490 e. The first kappa shape index (κ1) is 5.43. The molecule has 0 fully saturated rings. The number of aliphatic hydroxyl groups excluding tert-OH is 1. The number of hydrogen-bond acceptors (Lipinski definition) is 3. The highest BCUT2D eigenvalue weighted by molar-refractivity contribution is 5.88. The van der Waals surface area contributed by atoms with E-state index in [-0.39, 0.29) is 10.8 Å². The Balaban J connectivity index is 2.46. The molecule has 2 atom stereocenters. The number of fused-ring (bicyclic) bond motifs is 1. The predicted octanol–water partition coefficient (Wildman–Crippen LogP) is 2.58. The van der Waals surface area contributed by atoms with Gasteiger partial charge in [0.05, 0.1) is 9.60 Å². The highest BCUT2D eigenvalue weighted by Crippen LogP contribution is 2.25. The first-order chi connectivity index (χ1) is 13.9. The molecule has 0 heterocycles. The molecule has 2 rings (SSSR count). The van der Waals surface area contributed by atoms with E-state index in [1.54, 1.807) is 0 Å². The van der Waals surface area contributed by atoms with Crippen LogP contribution in [0.25, 0.3) is 10.8 Å². The van der Waals surface area contributed by atoms with Gasteiger partial charge in [0.15, 0.2) is 0 Å². The van der Waals surface area contributed by atoms with Crippen LogP contribution in [0.4, 0.5) is 0 Å². The third-order valence-corrected chi connectivity index (χ3v) is 2.16. The third kappa shape index (κ3) is 3.94. The molecule has 0 saturated carbocycles. The fourth-order valence-corrected chi connectivity index (χ4v) is 1.33. The Morgan fingerprint density at radius 3 is 3.00 bits per heavy atom. The van der Waals surface area contributed by atoms with Crippen LogP contribution in [0, 0.1) is 0 Å².